The number of thiophene rings is 1. The average molecular weight is 312 g/mol. The van der Waals surface area contributed by atoms with Crippen molar-refractivity contribution < 1.29 is 4.92 Å². The zero-order chi connectivity index (χ0) is 14.7. The van der Waals surface area contributed by atoms with Gasteiger partial charge in [-0.1, -0.05) is 11.6 Å². The number of aromatic nitrogens is 1. The topological polar surface area (TPSA) is 59.3 Å². The number of halogens is 1. The molecule has 0 amide bonds. The van der Waals surface area contributed by atoms with Crippen LogP contribution in [-0.4, -0.2) is 23.0 Å². The number of rotatable bonds is 5. The van der Waals surface area contributed by atoms with Crippen molar-refractivity contribution in [3.63, 3.8) is 0 Å². The van der Waals surface area contributed by atoms with Crippen LogP contribution in [0.2, 0.25) is 5.02 Å². The van der Waals surface area contributed by atoms with Crippen molar-refractivity contribution in [1.29, 1.82) is 0 Å². The van der Waals surface area contributed by atoms with E-state index in [-0.39, 0.29) is 11.7 Å². The van der Waals surface area contributed by atoms with Gasteiger partial charge in [0.1, 0.15) is 12.0 Å². The van der Waals surface area contributed by atoms with Gasteiger partial charge in [-0.25, -0.2) is 4.98 Å². The SMILES string of the molecule is CC(Cc1ccsc1)N(C)c1ncc([N+](=O)[O-])cc1Cl. The van der Waals surface area contributed by atoms with Gasteiger partial charge in [0.25, 0.3) is 5.69 Å². The molecule has 0 fully saturated rings. The van der Waals surface area contributed by atoms with Crippen molar-refractivity contribution in [2.45, 2.75) is 19.4 Å². The maximum absolute atomic E-state index is 10.7. The molecule has 7 heteroatoms. The van der Waals surface area contributed by atoms with Gasteiger partial charge in [0.2, 0.25) is 0 Å². The Morgan fingerprint density at radius 2 is 2.35 bits per heavy atom. The van der Waals surface area contributed by atoms with Crippen LogP contribution in [0.5, 0.6) is 0 Å². The summed E-state index contributed by atoms with van der Waals surface area (Å²) < 4.78 is 0. The minimum absolute atomic E-state index is 0.0994. The van der Waals surface area contributed by atoms with E-state index in [1.165, 1.54) is 17.8 Å². The van der Waals surface area contributed by atoms with Crippen LogP contribution in [0.4, 0.5) is 11.5 Å². The van der Waals surface area contributed by atoms with E-state index in [0.717, 1.165) is 6.42 Å². The third kappa shape index (κ3) is 3.26. The minimum atomic E-state index is -0.503. The van der Waals surface area contributed by atoms with E-state index in [9.17, 15) is 10.1 Å². The van der Waals surface area contributed by atoms with Crippen LogP contribution < -0.4 is 4.90 Å². The van der Waals surface area contributed by atoms with Gasteiger partial charge >= 0.3 is 0 Å². The number of pyridine rings is 1. The molecule has 0 aliphatic heterocycles. The summed E-state index contributed by atoms with van der Waals surface area (Å²) in [6.07, 6.45) is 2.10. The first-order chi connectivity index (χ1) is 9.49. The molecule has 0 aromatic carbocycles. The van der Waals surface area contributed by atoms with E-state index in [4.69, 9.17) is 11.6 Å². The maximum Gasteiger partial charge on any atom is 0.289 e. The number of hydrogen-bond acceptors (Lipinski definition) is 5. The third-order valence-corrected chi connectivity index (χ3v) is 4.13. The summed E-state index contributed by atoms with van der Waals surface area (Å²) in [7, 11) is 1.89. The first-order valence-electron chi connectivity index (χ1n) is 6.03. The third-order valence-electron chi connectivity index (χ3n) is 3.12. The lowest BCUT2D eigenvalue weighted by molar-refractivity contribution is -0.385. The Balaban J connectivity index is 2.16. The van der Waals surface area contributed by atoms with Gasteiger partial charge < -0.3 is 4.90 Å². The molecule has 0 N–H and O–H groups in total. The second kappa shape index (κ2) is 6.19. The molecule has 1 unspecified atom stereocenters. The highest BCUT2D eigenvalue weighted by Crippen LogP contribution is 2.28. The smallest absolute Gasteiger partial charge is 0.289 e. The predicted octanol–water partition coefficient (Wildman–Crippen LogP) is 3.77. The van der Waals surface area contributed by atoms with Gasteiger partial charge in [-0.05, 0) is 35.7 Å². The molecule has 0 saturated carbocycles. The van der Waals surface area contributed by atoms with E-state index >= 15 is 0 Å². The molecule has 0 aliphatic rings. The lowest BCUT2D eigenvalue weighted by Crippen LogP contribution is -2.31. The lowest BCUT2D eigenvalue weighted by Gasteiger charge is -2.26. The summed E-state index contributed by atoms with van der Waals surface area (Å²) in [6, 6.07) is 3.61. The van der Waals surface area contributed by atoms with Gasteiger partial charge in [0.05, 0.1) is 9.95 Å². The van der Waals surface area contributed by atoms with Crippen molar-refractivity contribution in [1.82, 2.24) is 4.98 Å². The normalized spacial score (nSPS) is 12.2. The zero-order valence-electron chi connectivity index (χ0n) is 11.1. The highest BCUT2D eigenvalue weighted by Gasteiger charge is 2.18. The van der Waals surface area contributed by atoms with Crippen LogP contribution in [-0.2, 0) is 6.42 Å². The van der Waals surface area contributed by atoms with Gasteiger partial charge in [-0.2, -0.15) is 11.3 Å². The fraction of sp³-hybridized carbons (Fsp3) is 0.308. The van der Waals surface area contributed by atoms with Crippen molar-refractivity contribution in [2.75, 3.05) is 11.9 Å². The fourth-order valence-electron chi connectivity index (χ4n) is 1.88. The molecule has 2 aromatic rings. The van der Waals surface area contributed by atoms with Crippen molar-refractivity contribution in [3.05, 3.63) is 49.8 Å². The van der Waals surface area contributed by atoms with E-state index < -0.39 is 4.92 Å². The number of hydrogen-bond donors (Lipinski definition) is 0. The summed E-state index contributed by atoms with van der Waals surface area (Å²) in [5, 5.41) is 15.1. The Kier molecular flexibility index (Phi) is 4.57. The van der Waals surface area contributed by atoms with Crippen LogP contribution in [0.25, 0.3) is 0 Å². The fourth-order valence-corrected chi connectivity index (χ4v) is 2.85. The number of nitro groups is 1. The monoisotopic (exact) mass is 311 g/mol. The summed E-state index contributed by atoms with van der Waals surface area (Å²) in [4.78, 5) is 16.2. The second-order valence-corrected chi connectivity index (χ2v) is 5.74. The first kappa shape index (κ1) is 14.7. The van der Waals surface area contributed by atoms with Crippen LogP contribution in [0.3, 0.4) is 0 Å². The molecule has 0 saturated heterocycles. The molecule has 0 spiro atoms. The number of anilines is 1. The van der Waals surface area contributed by atoms with Gasteiger partial charge in [-0.15, -0.1) is 0 Å². The molecular weight excluding hydrogens is 298 g/mol. The molecule has 2 aromatic heterocycles. The molecule has 0 radical (unpaired) electrons. The minimum Gasteiger partial charge on any atom is -0.355 e. The molecular formula is C13H14ClN3O2S. The molecule has 20 heavy (non-hydrogen) atoms. The molecule has 1 atom stereocenters. The highest BCUT2D eigenvalue weighted by atomic mass is 35.5. The number of likely N-dealkylation sites (N-methyl/N-ethyl adjacent to an activating group) is 1. The molecule has 0 aliphatic carbocycles. The first-order valence-corrected chi connectivity index (χ1v) is 7.35. The Labute approximate surface area is 126 Å². The van der Waals surface area contributed by atoms with E-state index in [0.29, 0.717) is 10.8 Å². The predicted molar refractivity (Wildman–Crippen MR) is 81.8 cm³/mol. The van der Waals surface area contributed by atoms with Gasteiger partial charge in [0, 0.05) is 19.2 Å². The van der Waals surface area contributed by atoms with Gasteiger partial charge in [0.15, 0.2) is 0 Å². The standard InChI is InChI=1S/C13H14ClN3O2S/c1-9(5-10-3-4-20-8-10)16(2)13-12(14)6-11(7-15-13)17(18)19/h3-4,6-9H,5H2,1-2H3. The summed E-state index contributed by atoms with van der Waals surface area (Å²) >= 11 is 7.75. The van der Waals surface area contributed by atoms with Crippen molar-refractivity contribution >= 4 is 34.4 Å². The maximum atomic E-state index is 10.7. The van der Waals surface area contributed by atoms with Crippen molar-refractivity contribution in [3.8, 4) is 0 Å². The van der Waals surface area contributed by atoms with E-state index in [2.05, 4.69) is 23.4 Å². The highest BCUT2D eigenvalue weighted by molar-refractivity contribution is 7.07. The average Bonchev–Trinajstić information content (AvgIpc) is 2.90. The van der Waals surface area contributed by atoms with Gasteiger partial charge in [-0.3, -0.25) is 10.1 Å². The van der Waals surface area contributed by atoms with Crippen LogP contribution >= 0.6 is 22.9 Å². The van der Waals surface area contributed by atoms with Crippen molar-refractivity contribution in [2.24, 2.45) is 0 Å². The second-order valence-electron chi connectivity index (χ2n) is 4.55. The Morgan fingerprint density at radius 3 is 2.90 bits per heavy atom. The number of nitrogens with zero attached hydrogens (tertiary/aromatic N) is 3. The Bertz CT molecular complexity index is 604. The van der Waals surface area contributed by atoms with E-state index in [1.54, 1.807) is 11.3 Å². The molecule has 106 valence electrons. The molecule has 2 rings (SSSR count). The molecule has 0 bridgehead atoms. The molecule has 2 heterocycles. The van der Waals surface area contributed by atoms with Crippen LogP contribution in [0.1, 0.15) is 12.5 Å². The summed E-state index contributed by atoms with van der Waals surface area (Å²) in [5.41, 5.74) is 1.16. The Hall–Kier alpha value is -1.66. The van der Waals surface area contributed by atoms with E-state index in [1.807, 2.05) is 17.3 Å². The largest absolute Gasteiger partial charge is 0.355 e. The summed E-state index contributed by atoms with van der Waals surface area (Å²) in [6.45, 7) is 2.07. The van der Waals surface area contributed by atoms with Crippen LogP contribution in [0.15, 0.2) is 29.1 Å². The summed E-state index contributed by atoms with van der Waals surface area (Å²) in [5.74, 6) is 0.556. The molecule has 5 nitrogen and oxygen atoms in total. The Morgan fingerprint density at radius 1 is 1.60 bits per heavy atom. The quantitative estimate of drug-likeness (QED) is 0.623. The zero-order valence-corrected chi connectivity index (χ0v) is 12.7. The lowest BCUT2D eigenvalue weighted by atomic mass is 10.1. The van der Waals surface area contributed by atoms with Crippen LogP contribution in [0, 0.1) is 10.1 Å².